The van der Waals surface area contributed by atoms with Gasteiger partial charge in [-0.05, 0) is 0 Å². The van der Waals surface area contributed by atoms with Gasteiger partial charge in [0.15, 0.2) is 0 Å². The maximum absolute atomic E-state index is 10.9. The topological polar surface area (TPSA) is 54.5 Å². The molecule has 0 saturated carbocycles. The fraction of sp³-hybridized carbons (Fsp3) is 0.833. The van der Waals surface area contributed by atoms with E-state index in [0.717, 1.165) is 6.26 Å². The summed E-state index contributed by atoms with van der Waals surface area (Å²) in [6, 6.07) is 0. The summed E-state index contributed by atoms with van der Waals surface area (Å²) in [7, 11) is -1.39. The third kappa shape index (κ3) is 5.54. The highest BCUT2D eigenvalue weighted by Crippen LogP contribution is 1.91. The Hall–Kier alpha value is -0.100. The number of rotatable bonds is 4. The summed E-state index contributed by atoms with van der Waals surface area (Å²) in [6.45, 7) is 0.253. The highest BCUT2D eigenvalue weighted by Gasteiger charge is 2.09. The third-order valence-electron chi connectivity index (χ3n) is 1.34. The molecule has 0 aliphatic rings. The monoisotopic (exact) mass is 257 g/mol. The Morgan fingerprint density at radius 1 is 1.50 bits per heavy atom. The Morgan fingerprint density at radius 3 is 2.33 bits per heavy atom. The van der Waals surface area contributed by atoms with Gasteiger partial charge in [-0.2, -0.15) is 0 Å². The highest BCUT2D eigenvalue weighted by molar-refractivity contribution is 9.09. The normalized spacial score (nSPS) is 11.2. The first-order valence-electron chi connectivity index (χ1n) is 3.34. The molecule has 0 heterocycles. The standard InChI is InChI=1S/C6H12BrNO3S/c1-8(6(9)5-7)3-4-12(2,10)11/h3-5H2,1-2H3. The Bertz CT molecular complexity index is 250. The van der Waals surface area contributed by atoms with Gasteiger partial charge >= 0.3 is 0 Å². The predicted molar refractivity (Wildman–Crippen MR) is 51.1 cm³/mol. The zero-order valence-corrected chi connectivity index (χ0v) is 9.48. The second kappa shape index (κ2) is 4.81. The van der Waals surface area contributed by atoms with Crippen LogP contribution in [-0.4, -0.2) is 50.2 Å². The Balaban J connectivity index is 3.88. The lowest BCUT2D eigenvalue weighted by Gasteiger charge is -2.14. The first-order chi connectivity index (χ1) is 5.37. The fourth-order valence-corrected chi connectivity index (χ4v) is 1.56. The van der Waals surface area contributed by atoms with Crippen LogP contribution in [-0.2, 0) is 14.6 Å². The summed E-state index contributed by atoms with van der Waals surface area (Å²) in [5.41, 5.74) is 0. The van der Waals surface area contributed by atoms with Gasteiger partial charge in [0.25, 0.3) is 0 Å². The van der Waals surface area contributed by atoms with Crippen LogP contribution in [0.4, 0.5) is 0 Å². The summed E-state index contributed by atoms with van der Waals surface area (Å²) >= 11 is 3.00. The van der Waals surface area contributed by atoms with E-state index in [1.54, 1.807) is 7.05 Å². The number of carbonyl (C=O) groups is 1. The molecule has 12 heavy (non-hydrogen) atoms. The van der Waals surface area contributed by atoms with Crippen LogP contribution in [0.2, 0.25) is 0 Å². The van der Waals surface area contributed by atoms with Gasteiger partial charge in [-0.1, -0.05) is 15.9 Å². The quantitative estimate of drug-likeness (QED) is 0.661. The molecule has 0 saturated heterocycles. The molecule has 0 aromatic heterocycles. The zero-order valence-electron chi connectivity index (χ0n) is 7.08. The van der Waals surface area contributed by atoms with Gasteiger partial charge in [0.05, 0.1) is 11.1 Å². The molecular formula is C6H12BrNO3S. The number of alkyl halides is 1. The van der Waals surface area contributed by atoms with Gasteiger partial charge in [0, 0.05) is 19.8 Å². The van der Waals surface area contributed by atoms with E-state index in [1.807, 2.05) is 0 Å². The molecular weight excluding hydrogens is 246 g/mol. The fourth-order valence-electron chi connectivity index (χ4n) is 0.529. The summed E-state index contributed by atoms with van der Waals surface area (Å²) in [6.07, 6.45) is 1.15. The number of halogens is 1. The molecule has 0 unspecified atom stereocenters. The number of amides is 1. The lowest BCUT2D eigenvalue weighted by atomic mass is 10.5. The Kier molecular flexibility index (Phi) is 4.77. The molecule has 0 aromatic carbocycles. The van der Waals surface area contributed by atoms with Gasteiger partial charge in [-0.15, -0.1) is 0 Å². The smallest absolute Gasteiger partial charge is 0.232 e. The van der Waals surface area contributed by atoms with Crippen molar-refractivity contribution in [3.05, 3.63) is 0 Å². The van der Waals surface area contributed by atoms with Gasteiger partial charge in [0.2, 0.25) is 5.91 Å². The number of carbonyl (C=O) groups excluding carboxylic acids is 1. The first-order valence-corrected chi connectivity index (χ1v) is 6.52. The van der Waals surface area contributed by atoms with Crippen molar-refractivity contribution in [1.29, 1.82) is 0 Å². The van der Waals surface area contributed by atoms with Gasteiger partial charge in [0.1, 0.15) is 9.84 Å². The first kappa shape index (κ1) is 11.9. The van der Waals surface area contributed by atoms with E-state index in [2.05, 4.69) is 15.9 Å². The molecule has 0 bridgehead atoms. The number of nitrogens with zero attached hydrogens (tertiary/aromatic N) is 1. The molecule has 6 heteroatoms. The van der Waals surface area contributed by atoms with Crippen LogP contribution >= 0.6 is 15.9 Å². The molecule has 0 aromatic rings. The molecule has 0 spiro atoms. The Labute approximate surface area is 81.0 Å². The molecule has 0 radical (unpaired) electrons. The molecule has 0 atom stereocenters. The van der Waals surface area contributed by atoms with Crippen LogP contribution in [0.1, 0.15) is 0 Å². The minimum atomic E-state index is -2.97. The second-order valence-corrected chi connectivity index (χ2v) is 5.40. The van der Waals surface area contributed by atoms with E-state index < -0.39 is 9.84 Å². The SMILES string of the molecule is CN(CCS(C)(=O)=O)C(=O)CBr. The van der Waals surface area contributed by atoms with Crippen molar-refractivity contribution < 1.29 is 13.2 Å². The molecule has 1 amide bonds. The van der Waals surface area contributed by atoms with E-state index in [1.165, 1.54) is 4.90 Å². The van der Waals surface area contributed by atoms with Crippen molar-refractivity contribution in [3.8, 4) is 0 Å². The summed E-state index contributed by atoms with van der Waals surface area (Å²) in [5, 5.41) is 0.229. The summed E-state index contributed by atoms with van der Waals surface area (Å²) in [4.78, 5) is 12.3. The molecule has 0 aliphatic heterocycles. The average molecular weight is 258 g/mol. The summed E-state index contributed by atoms with van der Waals surface area (Å²) < 4.78 is 21.4. The van der Waals surface area contributed by atoms with Crippen molar-refractivity contribution in [2.24, 2.45) is 0 Å². The lowest BCUT2D eigenvalue weighted by molar-refractivity contribution is -0.126. The predicted octanol–water partition coefficient (Wildman–Crippen LogP) is -0.116. The van der Waals surface area contributed by atoms with Crippen molar-refractivity contribution in [2.75, 3.05) is 30.9 Å². The van der Waals surface area contributed by atoms with Crippen LogP contribution in [0.15, 0.2) is 0 Å². The van der Waals surface area contributed by atoms with Crippen LogP contribution in [0.5, 0.6) is 0 Å². The average Bonchev–Trinajstić information content (AvgIpc) is 1.97. The van der Waals surface area contributed by atoms with Crippen molar-refractivity contribution >= 4 is 31.7 Å². The molecule has 0 fully saturated rings. The van der Waals surface area contributed by atoms with Crippen molar-refractivity contribution in [1.82, 2.24) is 4.90 Å². The number of hydrogen-bond donors (Lipinski definition) is 0. The molecule has 72 valence electrons. The minimum absolute atomic E-state index is 0.0161. The largest absolute Gasteiger partial charge is 0.344 e. The Morgan fingerprint density at radius 2 is 2.00 bits per heavy atom. The molecule has 0 aliphatic carbocycles. The van der Waals surface area contributed by atoms with E-state index >= 15 is 0 Å². The van der Waals surface area contributed by atoms with Crippen LogP contribution < -0.4 is 0 Å². The lowest BCUT2D eigenvalue weighted by Crippen LogP contribution is -2.32. The highest BCUT2D eigenvalue weighted by atomic mass is 79.9. The van der Waals surface area contributed by atoms with Gasteiger partial charge in [-0.25, -0.2) is 8.42 Å². The van der Waals surface area contributed by atoms with Crippen LogP contribution in [0.3, 0.4) is 0 Å². The minimum Gasteiger partial charge on any atom is -0.344 e. The van der Waals surface area contributed by atoms with E-state index in [-0.39, 0.29) is 23.5 Å². The van der Waals surface area contributed by atoms with E-state index in [9.17, 15) is 13.2 Å². The van der Waals surface area contributed by atoms with E-state index in [0.29, 0.717) is 0 Å². The maximum atomic E-state index is 10.9. The summed E-state index contributed by atoms with van der Waals surface area (Å²) in [5.74, 6) is -0.0962. The van der Waals surface area contributed by atoms with E-state index in [4.69, 9.17) is 0 Å². The zero-order chi connectivity index (χ0) is 9.78. The van der Waals surface area contributed by atoms with Crippen molar-refractivity contribution in [2.45, 2.75) is 0 Å². The molecule has 0 rings (SSSR count). The molecule has 4 nitrogen and oxygen atoms in total. The molecule has 0 N–H and O–H groups in total. The second-order valence-electron chi connectivity index (χ2n) is 2.58. The number of hydrogen-bond acceptors (Lipinski definition) is 3. The van der Waals surface area contributed by atoms with Gasteiger partial charge < -0.3 is 4.90 Å². The van der Waals surface area contributed by atoms with Crippen LogP contribution in [0.25, 0.3) is 0 Å². The maximum Gasteiger partial charge on any atom is 0.232 e. The van der Waals surface area contributed by atoms with Crippen LogP contribution in [0, 0.1) is 0 Å². The number of sulfone groups is 1. The van der Waals surface area contributed by atoms with Crippen molar-refractivity contribution in [3.63, 3.8) is 0 Å². The third-order valence-corrected chi connectivity index (χ3v) is 2.74. The van der Waals surface area contributed by atoms with Gasteiger partial charge in [-0.3, -0.25) is 4.79 Å².